The molecule has 1 amide bonds. The van der Waals surface area contributed by atoms with Crippen LogP contribution in [0.3, 0.4) is 0 Å². The zero-order valence-corrected chi connectivity index (χ0v) is 13.9. The molecule has 7 nitrogen and oxygen atoms in total. The topological polar surface area (TPSA) is 88.8 Å². The van der Waals surface area contributed by atoms with Gasteiger partial charge in [-0.1, -0.05) is 6.92 Å². The van der Waals surface area contributed by atoms with Gasteiger partial charge in [0, 0.05) is 19.0 Å². The summed E-state index contributed by atoms with van der Waals surface area (Å²) in [6.45, 7) is 3.43. The van der Waals surface area contributed by atoms with E-state index in [0.29, 0.717) is 31.4 Å². The maximum Gasteiger partial charge on any atom is 0.226 e. The normalized spacial score (nSPS) is 27.9. The number of amides is 1. The fourth-order valence-electron chi connectivity index (χ4n) is 2.82. The lowest BCUT2D eigenvalue weighted by molar-refractivity contribution is -0.139. The van der Waals surface area contributed by atoms with Crippen molar-refractivity contribution in [2.45, 2.75) is 26.0 Å². The highest BCUT2D eigenvalue weighted by Gasteiger charge is 2.42. The third-order valence-corrected chi connectivity index (χ3v) is 5.72. The molecule has 8 heteroatoms. The van der Waals surface area contributed by atoms with E-state index in [2.05, 4.69) is 11.6 Å². The first-order valence-corrected chi connectivity index (χ1v) is 9.50. The van der Waals surface area contributed by atoms with Crippen molar-refractivity contribution in [1.29, 1.82) is 0 Å². The maximum atomic E-state index is 12.3. The SMILES string of the molecule is C[C@@H]1C[C@@H]1C(=O)N1CCO[C@H](CS(=O)(=O)NCc2ccco2)C1. The predicted molar refractivity (Wildman–Crippen MR) is 82.9 cm³/mol. The Hall–Kier alpha value is -1.38. The maximum absolute atomic E-state index is 12.3. The lowest BCUT2D eigenvalue weighted by Crippen LogP contribution is -2.49. The van der Waals surface area contributed by atoms with Gasteiger partial charge in [0.25, 0.3) is 0 Å². The minimum absolute atomic E-state index is 0.113. The van der Waals surface area contributed by atoms with Gasteiger partial charge < -0.3 is 14.1 Å². The Labute approximate surface area is 136 Å². The van der Waals surface area contributed by atoms with E-state index in [0.717, 1.165) is 6.42 Å². The smallest absolute Gasteiger partial charge is 0.226 e. The molecule has 1 aliphatic carbocycles. The lowest BCUT2D eigenvalue weighted by Gasteiger charge is -2.33. The molecule has 23 heavy (non-hydrogen) atoms. The number of rotatable bonds is 6. The summed E-state index contributed by atoms with van der Waals surface area (Å²) >= 11 is 0. The molecule has 0 radical (unpaired) electrons. The molecule has 1 N–H and O–H groups in total. The van der Waals surface area contributed by atoms with Crippen LogP contribution < -0.4 is 4.72 Å². The summed E-state index contributed by atoms with van der Waals surface area (Å²) in [4.78, 5) is 14.0. The summed E-state index contributed by atoms with van der Waals surface area (Å²) in [6, 6.07) is 3.41. The number of sulfonamides is 1. The number of ether oxygens (including phenoxy) is 1. The fraction of sp³-hybridized carbons (Fsp3) is 0.667. The summed E-state index contributed by atoms with van der Waals surface area (Å²) in [5.41, 5.74) is 0. The molecule has 128 valence electrons. The molecule has 0 spiro atoms. The first-order chi connectivity index (χ1) is 10.9. The van der Waals surface area contributed by atoms with Crippen LogP contribution in [0.2, 0.25) is 0 Å². The number of carbonyl (C=O) groups is 1. The minimum Gasteiger partial charge on any atom is -0.468 e. The Kier molecular flexibility index (Phi) is 4.74. The standard InChI is InChI=1S/C15H22N2O5S/c1-11-7-14(11)15(18)17-4-6-22-13(9-17)10-23(19,20)16-8-12-3-2-5-21-12/h2-3,5,11,13-14,16H,4,6-10H2,1H3/t11-,13+,14+/m1/s1. The van der Waals surface area contributed by atoms with E-state index in [1.165, 1.54) is 6.26 Å². The highest BCUT2D eigenvalue weighted by molar-refractivity contribution is 7.89. The number of nitrogens with zero attached hydrogens (tertiary/aromatic N) is 1. The first-order valence-electron chi connectivity index (χ1n) is 7.85. The minimum atomic E-state index is -3.49. The largest absolute Gasteiger partial charge is 0.468 e. The van der Waals surface area contributed by atoms with Gasteiger partial charge in [0.15, 0.2) is 0 Å². The Bertz CT molecular complexity index is 643. The molecule has 1 aliphatic heterocycles. The summed E-state index contributed by atoms with van der Waals surface area (Å²) in [6.07, 6.45) is 1.94. The second-order valence-electron chi connectivity index (χ2n) is 6.28. The molecule has 1 aromatic rings. The van der Waals surface area contributed by atoms with Crippen molar-refractivity contribution < 1.29 is 22.4 Å². The van der Waals surface area contributed by atoms with Crippen molar-refractivity contribution in [2.75, 3.05) is 25.4 Å². The lowest BCUT2D eigenvalue weighted by atomic mass is 10.2. The Morgan fingerprint density at radius 3 is 2.91 bits per heavy atom. The summed E-state index contributed by atoms with van der Waals surface area (Å²) in [5, 5.41) is 0. The average Bonchev–Trinajstić information content (AvgIpc) is 3.01. The van der Waals surface area contributed by atoms with E-state index < -0.39 is 16.1 Å². The highest BCUT2D eigenvalue weighted by atomic mass is 32.2. The third kappa shape index (κ3) is 4.33. The first kappa shape index (κ1) is 16.5. The Balaban J connectivity index is 1.51. The Morgan fingerprint density at radius 2 is 2.26 bits per heavy atom. The van der Waals surface area contributed by atoms with Gasteiger partial charge in [-0.05, 0) is 24.5 Å². The van der Waals surface area contributed by atoms with Crippen molar-refractivity contribution in [3.8, 4) is 0 Å². The number of carbonyl (C=O) groups excluding carboxylic acids is 1. The number of furan rings is 1. The van der Waals surface area contributed by atoms with Gasteiger partial charge in [0.2, 0.25) is 15.9 Å². The van der Waals surface area contributed by atoms with Crippen LogP contribution in [-0.4, -0.2) is 50.8 Å². The molecule has 1 aromatic heterocycles. The van der Waals surface area contributed by atoms with Gasteiger partial charge >= 0.3 is 0 Å². The van der Waals surface area contributed by atoms with Gasteiger partial charge in [0.05, 0.1) is 31.3 Å². The van der Waals surface area contributed by atoms with Gasteiger partial charge in [0.1, 0.15) is 5.76 Å². The van der Waals surface area contributed by atoms with Crippen LogP contribution in [0.4, 0.5) is 0 Å². The van der Waals surface area contributed by atoms with Crippen molar-refractivity contribution in [3.63, 3.8) is 0 Å². The number of nitrogens with one attached hydrogen (secondary N) is 1. The fourth-order valence-corrected chi connectivity index (χ4v) is 3.99. The molecule has 3 atom stereocenters. The van der Waals surface area contributed by atoms with E-state index in [9.17, 15) is 13.2 Å². The number of morpholine rings is 1. The van der Waals surface area contributed by atoms with E-state index >= 15 is 0 Å². The van der Waals surface area contributed by atoms with E-state index in [4.69, 9.17) is 9.15 Å². The zero-order chi connectivity index (χ0) is 16.4. The molecule has 1 saturated carbocycles. The average molecular weight is 342 g/mol. The van der Waals surface area contributed by atoms with Crippen molar-refractivity contribution in [2.24, 2.45) is 11.8 Å². The molecule has 0 bridgehead atoms. The molecule has 2 heterocycles. The summed E-state index contributed by atoms with van der Waals surface area (Å²) in [7, 11) is -3.49. The number of hydrogen-bond acceptors (Lipinski definition) is 5. The van der Waals surface area contributed by atoms with Crippen LogP contribution in [-0.2, 0) is 26.1 Å². The molecular formula is C15H22N2O5S. The molecule has 1 saturated heterocycles. The van der Waals surface area contributed by atoms with Crippen molar-refractivity contribution >= 4 is 15.9 Å². The quantitative estimate of drug-likeness (QED) is 0.817. The van der Waals surface area contributed by atoms with Gasteiger partial charge in [-0.3, -0.25) is 4.79 Å². The second-order valence-corrected chi connectivity index (χ2v) is 8.13. The monoisotopic (exact) mass is 342 g/mol. The molecule has 0 unspecified atom stereocenters. The molecule has 2 aliphatic rings. The highest BCUT2D eigenvalue weighted by Crippen LogP contribution is 2.39. The van der Waals surface area contributed by atoms with Crippen LogP contribution in [0.15, 0.2) is 22.8 Å². The van der Waals surface area contributed by atoms with Gasteiger partial charge in [-0.25, -0.2) is 13.1 Å². The number of hydrogen-bond donors (Lipinski definition) is 1. The van der Waals surface area contributed by atoms with Crippen LogP contribution >= 0.6 is 0 Å². The van der Waals surface area contributed by atoms with Gasteiger partial charge in [-0.2, -0.15) is 0 Å². The molecule has 3 rings (SSSR count). The van der Waals surface area contributed by atoms with E-state index in [1.54, 1.807) is 17.0 Å². The van der Waals surface area contributed by atoms with Crippen LogP contribution in [0, 0.1) is 11.8 Å². The van der Waals surface area contributed by atoms with Crippen LogP contribution in [0.1, 0.15) is 19.1 Å². The van der Waals surface area contributed by atoms with Crippen LogP contribution in [0.25, 0.3) is 0 Å². The van der Waals surface area contributed by atoms with Crippen LogP contribution in [0.5, 0.6) is 0 Å². The third-order valence-electron chi connectivity index (χ3n) is 4.33. The molecule has 0 aromatic carbocycles. The molecular weight excluding hydrogens is 320 g/mol. The Morgan fingerprint density at radius 1 is 1.48 bits per heavy atom. The van der Waals surface area contributed by atoms with E-state index in [-0.39, 0.29) is 24.1 Å². The molecule has 2 fully saturated rings. The second kappa shape index (κ2) is 6.62. The van der Waals surface area contributed by atoms with E-state index in [1.807, 2.05) is 0 Å². The van der Waals surface area contributed by atoms with Gasteiger partial charge in [-0.15, -0.1) is 0 Å². The van der Waals surface area contributed by atoms with Crippen molar-refractivity contribution in [3.05, 3.63) is 24.2 Å². The summed E-state index contributed by atoms with van der Waals surface area (Å²) < 4.78 is 37.4. The predicted octanol–water partition coefficient (Wildman–Crippen LogP) is 0.582. The summed E-state index contributed by atoms with van der Waals surface area (Å²) in [5.74, 6) is 1.09. The zero-order valence-electron chi connectivity index (χ0n) is 13.1. The van der Waals surface area contributed by atoms with Crippen molar-refractivity contribution in [1.82, 2.24) is 9.62 Å².